The first kappa shape index (κ1) is 21.4. The van der Waals surface area contributed by atoms with E-state index in [-0.39, 0.29) is 17.9 Å². The first-order chi connectivity index (χ1) is 12.5. The van der Waals surface area contributed by atoms with E-state index in [0.29, 0.717) is 30.2 Å². The standard InChI is InChI=1S/C20H30ClN3O3/c1-20(2,3)27-19(26)24-10-8-14(9-11-24)12-18(25)22-15-6-7-17(23(4)5)16(21)13-15/h6-7,13-14H,8-12H2,1-5H3,(H,22,25). The summed E-state index contributed by atoms with van der Waals surface area (Å²) < 4.78 is 5.40. The second-order valence-electron chi connectivity index (χ2n) is 8.22. The molecule has 0 spiro atoms. The van der Waals surface area contributed by atoms with E-state index in [0.717, 1.165) is 18.5 Å². The van der Waals surface area contributed by atoms with Gasteiger partial charge in [0.05, 0.1) is 10.7 Å². The Kier molecular flexibility index (Phi) is 6.98. The number of ether oxygens (including phenoxy) is 1. The summed E-state index contributed by atoms with van der Waals surface area (Å²) in [4.78, 5) is 28.1. The highest BCUT2D eigenvalue weighted by atomic mass is 35.5. The van der Waals surface area contributed by atoms with Crippen molar-refractivity contribution in [1.82, 2.24) is 4.90 Å². The largest absolute Gasteiger partial charge is 0.444 e. The van der Waals surface area contributed by atoms with Gasteiger partial charge in [0.2, 0.25) is 5.91 Å². The molecule has 1 heterocycles. The molecule has 0 aliphatic carbocycles. The molecular formula is C20H30ClN3O3. The summed E-state index contributed by atoms with van der Waals surface area (Å²) in [5.74, 6) is 0.236. The molecule has 2 rings (SSSR count). The molecule has 27 heavy (non-hydrogen) atoms. The van der Waals surface area contributed by atoms with Crippen LogP contribution in [0.2, 0.25) is 5.02 Å². The Bertz CT molecular complexity index is 678. The highest BCUT2D eigenvalue weighted by Crippen LogP contribution is 2.28. The van der Waals surface area contributed by atoms with Gasteiger partial charge >= 0.3 is 6.09 Å². The zero-order valence-corrected chi connectivity index (χ0v) is 17.6. The number of nitrogens with one attached hydrogen (secondary N) is 1. The Morgan fingerprint density at radius 2 is 1.89 bits per heavy atom. The van der Waals surface area contributed by atoms with Crippen molar-refractivity contribution < 1.29 is 14.3 Å². The van der Waals surface area contributed by atoms with Crippen LogP contribution in [0.15, 0.2) is 18.2 Å². The number of hydrogen-bond acceptors (Lipinski definition) is 4. The summed E-state index contributed by atoms with van der Waals surface area (Å²) in [5, 5.41) is 3.51. The second kappa shape index (κ2) is 8.83. The van der Waals surface area contributed by atoms with Crippen molar-refractivity contribution in [3.8, 4) is 0 Å². The van der Waals surface area contributed by atoms with Gasteiger partial charge < -0.3 is 19.9 Å². The van der Waals surface area contributed by atoms with Gasteiger partial charge in [-0.25, -0.2) is 4.79 Å². The number of nitrogens with zero attached hydrogens (tertiary/aromatic N) is 2. The van der Waals surface area contributed by atoms with Crippen LogP contribution >= 0.6 is 11.6 Å². The maximum atomic E-state index is 12.3. The molecule has 0 saturated carbocycles. The Morgan fingerprint density at radius 1 is 1.26 bits per heavy atom. The number of likely N-dealkylation sites (tertiary alicyclic amines) is 1. The molecule has 0 aromatic heterocycles. The average molecular weight is 396 g/mol. The highest BCUT2D eigenvalue weighted by molar-refractivity contribution is 6.33. The predicted octanol–water partition coefficient (Wildman–Crippen LogP) is 4.38. The lowest BCUT2D eigenvalue weighted by molar-refractivity contribution is -0.117. The molecule has 150 valence electrons. The average Bonchev–Trinajstić information content (AvgIpc) is 2.53. The van der Waals surface area contributed by atoms with Crippen molar-refractivity contribution in [2.45, 2.75) is 45.6 Å². The molecule has 0 bridgehead atoms. The Labute approximate surface area is 166 Å². The van der Waals surface area contributed by atoms with Crippen LogP contribution in [0.4, 0.5) is 16.2 Å². The van der Waals surface area contributed by atoms with Crippen molar-refractivity contribution in [1.29, 1.82) is 0 Å². The smallest absolute Gasteiger partial charge is 0.410 e. The second-order valence-corrected chi connectivity index (χ2v) is 8.63. The monoisotopic (exact) mass is 395 g/mol. The number of anilines is 2. The maximum Gasteiger partial charge on any atom is 0.410 e. The molecule has 1 N–H and O–H groups in total. The maximum absolute atomic E-state index is 12.3. The molecule has 0 unspecified atom stereocenters. The van der Waals surface area contributed by atoms with E-state index in [1.807, 2.05) is 51.9 Å². The third-order valence-electron chi connectivity index (χ3n) is 4.45. The van der Waals surface area contributed by atoms with Crippen LogP contribution < -0.4 is 10.2 Å². The van der Waals surface area contributed by atoms with Crippen LogP contribution in [0.5, 0.6) is 0 Å². The number of piperidine rings is 1. The van der Waals surface area contributed by atoms with Crippen LogP contribution in [0.1, 0.15) is 40.0 Å². The van der Waals surface area contributed by atoms with Gasteiger partial charge in [0.15, 0.2) is 0 Å². The topological polar surface area (TPSA) is 61.9 Å². The van der Waals surface area contributed by atoms with Gasteiger partial charge in [-0.15, -0.1) is 0 Å². The minimum atomic E-state index is -0.489. The highest BCUT2D eigenvalue weighted by Gasteiger charge is 2.27. The molecule has 1 aliphatic rings. The first-order valence-corrected chi connectivity index (χ1v) is 9.67. The van der Waals surface area contributed by atoms with Crippen molar-refractivity contribution in [3.05, 3.63) is 23.2 Å². The summed E-state index contributed by atoms with van der Waals surface area (Å²) in [5.41, 5.74) is 1.11. The van der Waals surface area contributed by atoms with Crippen molar-refractivity contribution in [2.75, 3.05) is 37.4 Å². The van der Waals surface area contributed by atoms with Crippen molar-refractivity contribution in [2.24, 2.45) is 5.92 Å². The molecular weight excluding hydrogens is 366 g/mol. The van der Waals surface area contributed by atoms with Crippen LogP contribution in [0.25, 0.3) is 0 Å². The summed E-state index contributed by atoms with van der Waals surface area (Å²) >= 11 is 6.25. The van der Waals surface area contributed by atoms with Crippen LogP contribution in [0.3, 0.4) is 0 Å². The van der Waals surface area contributed by atoms with Gasteiger partial charge in [-0.1, -0.05) is 11.6 Å². The summed E-state index contributed by atoms with van der Waals surface area (Å²) in [6.07, 6.45) is 1.76. The lowest BCUT2D eigenvalue weighted by Crippen LogP contribution is -2.42. The van der Waals surface area contributed by atoms with E-state index in [2.05, 4.69) is 5.32 Å². The number of amides is 2. The summed E-state index contributed by atoms with van der Waals surface area (Å²) in [6.45, 7) is 6.82. The summed E-state index contributed by atoms with van der Waals surface area (Å²) in [6, 6.07) is 5.50. The zero-order valence-electron chi connectivity index (χ0n) is 16.8. The number of hydrogen-bond donors (Lipinski definition) is 1. The number of carbonyl (C=O) groups is 2. The fourth-order valence-electron chi connectivity index (χ4n) is 3.07. The third kappa shape index (κ3) is 6.61. The molecule has 2 amide bonds. The summed E-state index contributed by atoms with van der Waals surface area (Å²) in [7, 11) is 3.84. The zero-order chi connectivity index (χ0) is 20.2. The van der Waals surface area contributed by atoms with Gasteiger partial charge in [-0.3, -0.25) is 4.79 Å². The van der Waals surface area contributed by atoms with Crippen molar-refractivity contribution in [3.63, 3.8) is 0 Å². The van der Waals surface area contributed by atoms with Gasteiger partial charge in [0.1, 0.15) is 5.60 Å². The minimum absolute atomic E-state index is 0.0283. The Balaban J connectivity index is 1.81. The molecule has 1 saturated heterocycles. The van der Waals surface area contributed by atoms with Gasteiger partial charge in [-0.05, 0) is 57.7 Å². The molecule has 6 nitrogen and oxygen atoms in total. The number of halogens is 1. The fourth-order valence-corrected chi connectivity index (χ4v) is 3.42. The molecule has 1 aliphatic heterocycles. The van der Waals surface area contributed by atoms with E-state index >= 15 is 0 Å². The molecule has 1 aromatic carbocycles. The molecule has 0 radical (unpaired) electrons. The quantitative estimate of drug-likeness (QED) is 0.821. The number of rotatable bonds is 4. The Morgan fingerprint density at radius 3 is 2.41 bits per heavy atom. The SMILES string of the molecule is CN(C)c1ccc(NC(=O)CC2CCN(C(=O)OC(C)(C)C)CC2)cc1Cl. The van der Waals surface area contributed by atoms with Crippen LogP contribution in [-0.4, -0.2) is 49.7 Å². The van der Waals surface area contributed by atoms with Crippen LogP contribution in [0, 0.1) is 5.92 Å². The third-order valence-corrected chi connectivity index (χ3v) is 4.76. The predicted molar refractivity (Wildman–Crippen MR) is 110 cm³/mol. The fraction of sp³-hybridized carbons (Fsp3) is 0.600. The molecule has 7 heteroatoms. The lowest BCUT2D eigenvalue weighted by atomic mass is 9.93. The van der Waals surface area contributed by atoms with E-state index in [1.165, 1.54) is 0 Å². The Hall–Kier alpha value is -1.95. The van der Waals surface area contributed by atoms with Gasteiger partial charge in [0, 0.05) is 39.3 Å². The lowest BCUT2D eigenvalue weighted by Gasteiger charge is -2.33. The van der Waals surface area contributed by atoms with E-state index in [1.54, 1.807) is 11.0 Å². The van der Waals surface area contributed by atoms with E-state index in [9.17, 15) is 9.59 Å². The van der Waals surface area contributed by atoms with Crippen molar-refractivity contribution >= 4 is 35.0 Å². The normalized spacial score (nSPS) is 15.4. The first-order valence-electron chi connectivity index (χ1n) is 9.30. The molecule has 1 aromatic rings. The minimum Gasteiger partial charge on any atom is -0.444 e. The molecule has 1 fully saturated rings. The van der Waals surface area contributed by atoms with Gasteiger partial charge in [-0.2, -0.15) is 0 Å². The van der Waals surface area contributed by atoms with E-state index < -0.39 is 5.60 Å². The van der Waals surface area contributed by atoms with Crippen LogP contribution in [-0.2, 0) is 9.53 Å². The van der Waals surface area contributed by atoms with E-state index in [4.69, 9.17) is 16.3 Å². The number of carbonyl (C=O) groups excluding carboxylic acids is 2. The van der Waals surface area contributed by atoms with Gasteiger partial charge in [0.25, 0.3) is 0 Å². The number of benzene rings is 1. The molecule has 0 atom stereocenters.